The van der Waals surface area contributed by atoms with Crippen LogP contribution in [-0.4, -0.2) is 36.4 Å². The monoisotopic (exact) mass is 355 g/mol. The number of likely N-dealkylation sites (N-methyl/N-ethyl adjacent to an activating group) is 1. The predicted octanol–water partition coefficient (Wildman–Crippen LogP) is 3.74. The second-order valence-electron chi connectivity index (χ2n) is 6.00. The Balaban J connectivity index is 1.72. The predicted molar refractivity (Wildman–Crippen MR) is 99.8 cm³/mol. The number of rotatable bonds is 6. The van der Waals surface area contributed by atoms with Crippen molar-refractivity contribution in [2.75, 3.05) is 20.6 Å². The molecule has 0 spiro atoms. The lowest BCUT2D eigenvalue weighted by Crippen LogP contribution is -2.34. The number of carbonyl (C=O) groups excluding carboxylic acids is 1. The number of hydrogen-bond acceptors (Lipinski definition) is 5. The summed E-state index contributed by atoms with van der Waals surface area (Å²) in [5, 5.41) is 3.86. The fourth-order valence-electron chi connectivity index (χ4n) is 2.60. The summed E-state index contributed by atoms with van der Waals surface area (Å²) in [4.78, 5) is 19.8. The first-order chi connectivity index (χ1) is 12.1. The Bertz CT molecular complexity index is 826. The van der Waals surface area contributed by atoms with Gasteiger partial charge >= 0.3 is 0 Å². The van der Waals surface area contributed by atoms with Crippen LogP contribution >= 0.6 is 11.3 Å². The summed E-state index contributed by atoms with van der Waals surface area (Å²) in [6.07, 6.45) is 1.65. The van der Waals surface area contributed by atoms with Gasteiger partial charge in [-0.25, -0.2) is 4.98 Å². The molecular formula is C19H21N3O2S. The highest BCUT2D eigenvalue weighted by Crippen LogP contribution is 2.28. The highest BCUT2D eigenvalue weighted by molar-refractivity contribution is 7.17. The molecule has 5 nitrogen and oxygen atoms in total. The highest BCUT2D eigenvalue weighted by atomic mass is 32.1. The van der Waals surface area contributed by atoms with E-state index >= 15 is 0 Å². The van der Waals surface area contributed by atoms with Crippen molar-refractivity contribution in [1.82, 2.24) is 15.2 Å². The normalized spacial score (nSPS) is 12.3. The summed E-state index contributed by atoms with van der Waals surface area (Å²) in [5.41, 5.74) is 1.78. The van der Waals surface area contributed by atoms with Gasteiger partial charge in [0.05, 0.1) is 18.0 Å². The van der Waals surface area contributed by atoms with E-state index < -0.39 is 0 Å². The summed E-state index contributed by atoms with van der Waals surface area (Å²) in [5.74, 6) is 0.729. The van der Waals surface area contributed by atoms with Gasteiger partial charge in [0, 0.05) is 12.1 Å². The maximum Gasteiger partial charge on any atom is 0.263 e. The molecule has 2 heterocycles. The zero-order chi connectivity index (χ0) is 17.8. The molecule has 130 valence electrons. The molecular weight excluding hydrogens is 334 g/mol. The smallest absolute Gasteiger partial charge is 0.263 e. The summed E-state index contributed by atoms with van der Waals surface area (Å²) < 4.78 is 5.48. The minimum Gasteiger partial charge on any atom is -0.468 e. The van der Waals surface area contributed by atoms with Crippen LogP contribution in [0.3, 0.4) is 0 Å². The zero-order valence-corrected chi connectivity index (χ0v) is 15.3. The molecule has 0 aliphatic heterocycles. The van der Waals surface area contributed by atoms with Crippen LogP contribution in [-0.2, 0) is 0 Å². The van der Waals surface area contributed by atoms with E-state index in [-0.39, 0.29) is 11.9 Å². The molecule has 0 fully saturated rings. The third-order valence-corrected chi connectivity index (χ3v) is 5.18. The van der Waals surface area contributed by atoms with E-state index in [0.717, 1.165) is 22.0 Å². The van der Waals surface area contributed by atoms with Crippen molar-refractivity contribution in [3.8, 4) is 10.6 Å². The van der Waals surface area contributed by atoms with Crippen molar-refractivity contribution in [2.24, 2.45) is 0 Å². The van der Waals surface area contributed by atoms with Crippen molar-refractivity contribution in [2.45, 2.75) is 13.0 Å². The Labute approximate surface area is 151 Å². The number of hydrogen-bond donors (Lipinski definition) is 1. The molecule has 2 aromatic heterocycles. The van der Waals surface area contributed by atoms with Crippen LogP contribution in [0.4, 0.5) is 0 Å². The van der Waals surface area contributed by atoms with Gasteiger partial charge in [0.1, 0.15) is 15.6 Å². The van der Waals surface area contributed by atoms with Gasteiger partial charge in [-0.1, -0.05) is 30.3 Å². The number of aromatic nitrogens is 1. The Morgan fingerprint density at radius 3 is 2.64 bits per heavy atom. The first-order valence-corrected chi connectivity index (χ1v) is 8.89. The molecule has 3 aromatic rings. The number of aryl methyl sites for hydroxylation is 1. The van der Waals surface area contributed by atoms with E-state index in [1.165, 1.54) is 11.3 Å². The number of thiazole rings is 1. The highest BCUT2D eigenvalue weighted by Gasteiger charge is 2.21. The fourth-order valence-corrected chi connectivity index (χ4v) is 3.59. The van der Waals surface area contributed by atoms with Crippen LogP contribution in [0.15, 0.2) is 53.1 Å². The minimum absolute atomic E-state index is 0.0132. The van der Waals surface area contributed by atoms with Crippen molar-refractivity contribution in [3.05, 3.63) is 65.1 Å². The molecule has 1 N–H and O–H groups in total. The zero-order valence-electron chi connectivity index (χ0n) is 14.5. The fraction of sp³-hybridized carbons (Fsp3) is 0.263. The van der Waals surface area contributed by atoms with E-state index in [2.05, 4.69) is 10.3 Å². The van der Waals surface area contributed by atoms with Crippen molar-refractivity contribution < 1.29 is 9.21 Å². The molecule has 1 aromatic carbocycles. The molecule has 1 amide bonds. The third-order valence-electron chi connectivity index (χ3n) is 3.97. The summed E-state index contributed by atoms with van der Waals surface area (Å²) in [6.45, 7) is 2.34. The maximum absolute atomic E-state index is 12.6. The van der Waals surface area contributed by atoms with E-state index in [4.69, 9.17) is 4.42 Å². The molecule has 1 atom stereocenters. The molecule has 0 bridgehead atoms. The van der Waals surface area contributed by atoms with Crippen molar-refractivity contribution in [1.29, 1.82) is 0 Å². The first-order valence-electron chi connectivity index (χ1n) is 8.07. The average Bonchev–Trinajstić information content (AvgIpc) is 3.25. The minimum atomic E-state index is -0.101. The van der Waals surface area contributed by atoms with Gasteiger partial charge in [0.25, 0.3) is 5.91 Å². The number of furan rings is 1. The van der Waals surface area contributed by atoms with Gasteiger partial charge in [0.15, 0.2) is 0 Å². The van der Waals surface area contributed by atoms with Crippen LogP contribution in [0, 0.1) is 6.92 Å². The lowest BCUT2D eigenvalue weighted by molar-refractivity contribution is 0.0942. The molecule has 3 rings (SSSR count). The lowest BCUT2D eigenvalue weighted by atomic mass is 10.2. The summed E-state index contributed by atoms with van der Waals surface area (Å²) >= 11 is 1.42. The number of carbonyl (C=O) groups is 1. The SMILES string of the molecule is Cc1nc(-c2ccccc2)sc1C(=O)NCC(c1ccco1)N(C)C. The van der Waals surface area contributed by atoms with Gasteiger partial charge in [-0.2, -0.15) is 0 Å². The average molecular weight is 355 g/mol. The van der Waals surface area contributed by atoms with Crippen LogP contribution in [0.1, 0.15) is 27.2 Å². The van der Waals surface area contributed by atoms with Crippen LogP contribution < -0.4 is 5.32 Å². The van der Waals surface area contributed by atoms with Crippen molar-refractivity contribution >= 4 is 17.2 Å². The topological polar surface area (TPSA) is 58.4 Å². The van der Waals surface area contributed by atoms with E-state index in [9.17, 15) is 4.79 Å². The third kappa shape index (κ3) is 3.97. The Hall–Kier alpha value is -2.44. The van der Waals surface area contributed by atoms with Crippen molar-refractivity contribution in [3.63, 3.8) is 0 Å². The maximum atomic E-state index is 12.6. The largest absolute Gasteiger partial charge is 0.468 e. The Morgan fingerprint density at radius 2 is 2.00 bits per heavy atom. The Kier molecular flexibility index (Phi) is 5.31. The van der Waals surface area contributed by atoms with Gasteiger partial charge < -0.3 is 9.73 Å². The first kappa shape index (κ1) is 17.4. The number of nitrogens with one attached hydrogen (secondary N) is 1. The molecule has 1 unspecified atom stereocenters. The van der Waals surface area contributed by atoms with Crippen LogP contribution in [0.5, 0.6) is 0 Å². The second-order valence-corrected chi connectivity index (χ2v) is 7.00. The van der Waals surface area contributed by atoms with E-state index in [1.54, 1.807) is 6.26 Å². The molecule has 0 saturated heterocycles. The number of benzene rings is 1. The standard InChI is InChI=1S/C19H21N3O2S/c1-13-17(25-19(21-13)14-8-5-4-6-9-14)18(23)20-12-15(22(2)3)16-10-7-11-24-16/h4-11,15H,12H2,1-3H3,(H,20,23). The second kappa shape index (κ2) is 7.63. The quantitative estimate of drug-likeness (QED) is 0.732. The number of nitrogens with zero attached hydrogens (tertiary/aromatic N) is 2. The van der Waals surface area contributed by atoms with Crippen LogP contribution in [0.25, 0.3) is 10.6 Å². The van der Waals surface area contributed by atoms with E-state index in [0.29, 0.717) is 11.4 Å². The van der Waals surface area contributed by atoms with Gasteiger partial charge in [-0.3, -0.25) is 9.69 Å². The summed E-state index contributed by atoms with van der Waals surface area (Å²) in [6, 6.07) is 13.7. The van der Waals surface area contributed by atoms with Gasteiger partial charge in [-0.05, 0) is 33.2 Å². The Morgan fingerprint density at radius 1 is 1.24 bits per heavy atom. The molecule has 0 saturated carbocycles. The molecule has 0 aliphatic rings. The molecule has 25 heavy (non-hydrogen) atoms. The number of amides is 1. The lowest BCUT2D eigenvalue weighted by Gasteiger charge is -2.22. The molecule has 0 aliphatic carbocycles. The molecule has 0 radical (unpaired) electrons. The van der Waals surface area contributed by atoms with Gasteiger partial charge in [0.2, 0.25) is 0 Å². The summed E-state index contributed by atoms with van der Waals surface area (Å²) in [7, 11) is 3.93. The van der Waals surface area contributed by atoms with E-state index in [1.807, 2.05) is 68.4 Å². The van der Waals surface area contributed by atoms with Gasteiger partial charge in [-0.15, -0.1) is 11.3 Å². The molecule has 6 heteroatoms. The van der Waals surface area contributed by atoms with Crippen LogP contribution in [0.2, 0.25) is 0 Å².